The van der Waals surface area contributed by atoms with Gasteiger partial charge in [0.25, 0.3) is 5.91 Å². The van der Waals surface area contributed by atoms with Gasteiger partial charge in [0.2, 0.25) is 0 Å². The van der Waals surface area contributed by atoms with Crippen LogP contribution in [0.5, 0.6) is 0 Å². The van der Waals surface area contributed by atoms with Crippen molar-refractivity contribution in [2.24, 2.45) is 0 Å². The van der Waals surface area contributed by atoms with Gasteiger partial charge in [-0.1, -0.05) is 82.7 Å². The molecule has 1 aliphatic heterocycles. The molecule has 5 rings (SSSR count). The second-order valence-corrected chi connectivity index (χ2v) is 9.45. The first-order valence-electron chi connectivity index (χ1n) is 11.3. The Labute approximate surface area is 202 Å². The molecule has 0 spiro atoms. The van der Waals surface area contributed by atoms with E-state index in [9.17, 15) is 4.79 Å². The topological polar surface area (TPSA) is 45.2 Å². The smallest absolute Gasteiger partial charge is 0.252 e. The fourth-order valence-electron chi connectivity index (χ4n) is 4.65. The lowest BCUT2D eigenvalue weighted by atomic mass is 9.94. The number of benzene rings is 3. The largest absolute Gasteiger partial charge is 0.345 e. The molecule has 0 aliphatic carbocycles. The van der Waals surface area contributed by atoms with E-state index in [-0.39, 0.29) is 11.9 Å². The van der Waals surface area contributed by atoms with Crippen LogP contribution < -0.4 is 5.32 Å². The highest BCUT2D eigenvalue weighted by Crippen LogP contribution is 2.30. The number of para-hydroxylation sites is 1. The molecule has 1 N–H and O–H groups in total. The number of pyridine rings is 1. The van der Waals surface area contributed by atoms with Crippen molar-refractivity contribution in [1.29, 1.82) is 0 Å². The Balaban J connectivity index is 1.50. The zero-order chi connectivity index (χ0) is 22.8. The summed E-state index contributed by atoms with van der Waals surface area (Å²) < 4.78 is 0.994. The molecule has 1 aromatic heterocycles. The summed E-state index contributed by atoms with van der Waals surface area (Å²) in [6, 6.07) is 26.4. The first-order valence-corrected chi connectivity index (χ1v) is 12.1. The van der Waals surface area contributed by atoms with E-state index in [0.717, 1.165) is 57.3 Å². The molecule has 0 radical (unpaired) electrons. The van der Waals surface area contributed by atoms with Crippen LogP contribution in [0.1, 0.15) is 45.7 Å². The predicted molar refractivity (Wildman–Crippen MR) is 136 cm³/mol. The summed E-state index contributed by atoms with van der Waals surface area (Å²) in [5.41, 5.74) is 6.06. The number of carbonyl (C=O) groups excluding carboxylic acids is 1. The molecular weight excluding hydrogens is 474 g/mol. The maximum atomic E-state index is 13.7. The van der Waals surface area contributed by atoms with Gasteiger partial charge in [-0.05, 0) is 30.2 Å². The minimum atomic E-state index is -0.125. The van der Waals surface area contributed by atoms with E-state index in [1.54, 1.807) is 0 Å². The predicted octanol–water partition coefficient (Wildman–Crippen LogP) is 6.05. The number of nitrogens with zero attached hydrogens (tertiary/aromatic N) is 2. The van der Waals surface area contributed by atoms with E-state index in [4.69, 9.17) is 4.98 Å². The van der Waals surface area contributed by atoms with Gasteiger partial charge in [-0.2, -0.15) is 0 Å². The van der Waals surface area contributed by atoms with Gasteiger partial charge < -0.3 is 5.32 Å². The van der Waals surface area contributed by atoms with Crippen molar-refractivity contribution < 1.29 is 4.79 Å². The van der Waals surface area contributed by atoms with Crippen molar-refractivity contribution >= 4 is 32.7 Å². The Hall–Kier alpha value is -3.02. The zero-order valence-electron chi connectivity index (χ0n) is 18.6. The summed E-state index contributed by atoms with van der Waals surface area (Å²) in [6.07, 6.45) is 0.840. The summed E-state index contributed by atoms with van der Waals surface area (Å²) in [5, 5.41) is 4.16. The quantitative estimate of drug-likeness (QED) is 0.363. The number of carbonyl (C=O) groups is 1. The van der Waals surface area contributed by atoms with Crippen LogP contribution in [0.25, 0.3) is 10.9 Å². The first-order chi connectivity index (χ1) is 16.1. The van der Waals surface area contributed by atoms with E-state index in [1.165, 1.54) is 5.56 Å². The monoisotopic (exact) mass is 499 g/mol. The highest BCUT2D eigenvalue weighted by Gasteiger charge is 2.26. The number of rotatable bonds is 5. The SMILES string of the molecule is C[C@@H](NC(=O)c1c2c(nc3ccccc13)CCN(Cc1ccccc1)C2)c1ccccc1Br. The average Bonchev–Trinajstić information content (AvgIpc) is 2.83. The van der Waals surface area contributed by atoms with E-state index < -0.39 is 0 Å². The second-order valence-electron chi connectivity index (χ2n) is 8.59. The molecule has 3 aromatic carbocycles. The molecule has 33 heavy (non-hydrogen) atoms. The number of amides is 1. The first kappa shape index (κ1) is 21.8. The van der Waals surface area contributed by atoms with Crippen LogP contribution in [-0.4, -0.2) is 22.3 Å². The lowest BCUT2D eigenvalue weighted by Gasteiger charge is -2.30. The van der Waals surface area contributed by atoms with Crippen molar-refractivity contribution in [1.82, 2.24) is 15.2 Å². The molecule has 5 heteroatoms. The number of nitrogens with one attached hydrogen (secondary N) is 1. The van der Waals surface area contributed by atoms with E-state index in [1.807, 2.05) is 61.5 Å². The molecule has 0 unspecified atom stereocenters. The van der Waals surface area contributed by atoms with Gasteiger partial charge in [-0.15, -0.1) is 0 Å². The number of hydrogen-bond donors (Lipinski definition) is 1. The summed E-state index contributed by atoms with van der Waals surface area (Å²) in [7, 11) is 0. The highest BCUT2D eigenvalue weighted by atomic mass is 79.9. The normalized spacial score (nSPS) is 14.6. The van der Waals surface area contributed by atoms with Crippen LogP contribution in [0, 0.1) is 0 Å². The van der Waals surface area contributed by atoms with Crippen LogP contribution in [-0.2, 0) is 19.5 Å². The third kappa shape index (κ3) is 4.56. The number of halogens is 1. The van der Waals surface area contributed by atoms with Gasteiger partial charge >= 0.3 is 0 Å². The van der Waals surface area contributed by atoms with Gasteiger partial charge in [-0.25, -0.2) is 0 Å². The van der Waals surface area contributed by atoms with Crippen molar-refractivity contribution in [2.75, 3.05) is 6.54 Å². The Morgan fingerprint density at radius 2 is 1.76 bits per heavy atom. The molecule has 4 nitrogen and oxygen atoms in total. The third-order valence-electron chi connectivity index (χ3n) is 6.32. The summed E-state index contributed by atoms with van der Waals surface area (Å²) in [5.74, 6) is -0.0466. The standard InChI is InChI=1S/C28H26BrN3O/c1-19(21-11-5-7-13-24(21)29)30-28(33)27-22-12-6-8-14-25(22)31-26-15-16-32(18-23(26)27)17-20-9-3-2-4-10-20/h2-14,19H,15-18H2,1H3,(H,30,33)/t19-/m1/s1. The van der Waals surface area contributed by atoms with Gasteiger partial charge in [-0.3, -0.25) is 14.7 Å². The van der Waals surface area contributed by atoms with Crippen LogP contribution in [0.4, 0.5) is 0 Å². The number of aromatic nitrogens is 1. The summed E-state index contributed by atoms with van der Waals surface area (Å²) >= 11 is 3.61. The molecule has 1 amide bonds. The van der Waals surface area contributed by atoms with Crippen LogP contribution >= 0.6 is 15.9 Å². The molecule has 4 aromatic rings. The molecule has 2 heterocycles. The Morgan fingerprint density at radius 3 is 2.58 bits per heavy atom. The van der Waals surface area contributed by atoms with Crippen LogP contribution in [0.3, 0.4) is 0 Å². The molecule has 0 fully saturated rings. The van der Waals surface area contributed by atoms with Crippen LogP contribution in [0.2, 0.25) is 0 Å². The average molecular weight is 500 g/mol. The zero-order valence-corrected chi connectivity index (χ0v) is 20.2. The summed E-state index contributed by atoms with van der Waals surface area (Å²) in [4.78, 5) is 21.1. The van der Waals surface area contributed by atoms with Crippen molar-refractivity contribution in [2.45, 2.75) is 32.5 Å². The lowest BCUT2D eigenvalue weighted by molar-refractivity contribution is 0.0938. The third-order valence-corrected chi connectivity index (χ3v) is 7.04. The maximum absolute atomic E-state index is 13.7. The minimum absolute atomic E-state index is 0.0466. The van der Waals surface area contributed by atoms with Gasteiger partial charge in [0.05, 0.1) is 17.1 Å². The Morgan fingerprint density at radius 1 is 1.03 bits per heavy atom. The lowest BCUT2D eigenvalue weighted by Crippen LogP contribution is -2.34. The van der Waals surface area contributed by atoms with E-state index in [2.05, 4.69) is 50.4 Å². The maximum Gasteiger partial charge on any atom is 0.252 e. The van der Waals surface area contributed by atoms with Crippen molar-refractivity contribution in [3.05, 3.63) is 111 Å². The molecule has 0 saturated heterocycles. The highest BCUT2D eigenvalue weighted by molar-refractivity contribution is 9.10. The fourth-order valence-corrected chi connectivity index (χ4v) is 5.28. The molecule has 166 valence electrons. The minimum Gasteiger partial charge on any atom is -0.345 e. The molecule has 0 saturated carbocycles. The molecular formula is C28H26BrN3O. The van der Waals surface area contributed by atoms with E-state index >= 15 is 0 Å². The second kappa shape index (κ2) is 9.46. The van der Waals surface area contributed by atoms with Gasteiger partial charge in [0, 0.05) is 47.2 Å². The molecule has 1 atom stereocenters. The number of hydrogen-bond acceptors (Lipinski definition) is 3. The van der Waals surface area contributed by atoms with Crippen molar-refractivity contribution in [3.8, 4) is 0 Å². The fraction of sp³-hybridized carbons (Fsp3) is 0.214. The molecule has 0 bridgehead atoms. The Kier molecular flexibility index (Phi) is 6.25. The number of fused-ring (bicyclic) bond motifs is 2. The Bertz CT molecular complexity index is 1310. The van der Waals surface area contributed by atoms with Gasteiger partial charge in [0.1, 0.15) is 0 Å². The molecule has 1 aliphatic rings. The van der Waals surface area contributed by atoms with Gasteiger partial charge in [0.15, 0.2) is 0 Å². The summed E-state index contributed by atoms with van der Waals surface area (Å²) in [6.45, 7) is 4.53. The van der Waals surface area contributed by atoms with Crippen molar-refractivity contribution in [3.63, 3.8) is 0 Å². The van der Waals surface area contributed by atoms with Crippen LogP contribution in [0.15, 0.2) is 83.3 Å². The van der Waals surface area contributed by atoms with E-state index in [0.29, 0.717) is 6.54 Å².